The zero-order valence-electron chi connectivity index (χ0n) is 12.8. The summed E-state index contributed by atoms with van der Waals surface area (Å²) in [7, 11) is 1.25. The normalized spacial score (nSPS) is 9.92. The molecule has 0 atom stereocenters. The molecule has 0 aromatic heterocycles. The molecule has 2 N–H and O–H groups in total. The van der Waals surface area contributed by atoms with Crippen LogP contribution >= 0.6 is 15.9 Å². The molecule has 2 rings (SSSR count). The smallest absolute Gasteiger partial charge is 0.325 e. The molecule has 0 heterocycles. The molecule has 0 radical (unpaired) electrons. The van der Waals surface area contributed by atoms with Gasteiger partial charge in [-0.25, -0.2) is 0 Å². The zero-order chi connectivity index (χ0) is 17.5. The van der Waals surface area contributed by atoms with E-state index in [0.717, 1.165) is 4.47 Å². The van der Waals surface area contributed by atoms with Gasteiger partial charge >= 0.3 is 5.97 Å². The van der Waals surface area contributed by atoms with E-state index in [9.17, 15) is 14.4 Å². The third kappa shape index (κ3) is 4.92. The van der Waals surface area contributed by atoms with E-state index in [1.54, 1.807) is 42.5 Å². The van der Waals surface area contributed by atoms with Crippen LogP contribution in [-0.2, 0) is 9.53 Å². The average molecular weight is 391 g/mol. The molecule has 0 aliphatic carbocycles. The van der Waals surface area contributed by atoms with E-state index in [0.29, 0.717) is 16.8 Å². The summed E-state index contributed by atoms with van der Waals surface area (Å²) >= 11 is 3.31. The number of hydrogen-bond donors (Lipinski definition) is 2. The number of carbonyl (C=O) groups is 3. The van der Waals surface area contributed by atoms with Gasteiger partial charge in [-0.05, 0) is 42.5 Å². The molecule has 0 saturated carbocycles. The van der Waals surface area contributed by atoms with Crippen LogP contribution in [0.4, 0.5) is 5.69 Å². The first-order chi connectivity index (χ1) is 11.5. The van der Waals surface area contributed by atoms with Crippen LogP contribution in [0.3, 0.4) is 0 Å². The van der Waals surface area contributed by atoms with Crippen molar-refractivity contribution in [1.29, 1.82) is 0 Å². The Kier molecular flexibility index (Phi) is 6.08. The van der Waals surface area contributed by atoms with Crippen molar-refractivity contribution >= 4 is 39.4 Å². The minimum Gasteiger partial charge on any atom is -0.468 e. The number of esters is 1. The van der Waals surface area contributed by atoms with Gasteiger partial charge in [0.2, 0.25) is 0 Å². The Balaban J connectivity index is 1.98. The van der Waals surface area contributed by atoms with Crippen molar-refractivity contribution in [2.45, 2.75) is 0 Å². The summed E-state index contributed by atoms with van der Waals surface area (Å²) < 4.78 is 5.26. The minimum absolute atomic E-state index is 0.198. The summed E-state index contributed by atoms with van der Waals surface area (Å²) in [6, 6.07) is 13.4. The maximum atomic E-state index is 12.1. The van der Waals surface area contributed by atoms with Crippen molar-refractivity contribution in [1.82, 2.24) is 5.32 Å². The molecule has 0 unspecified atom stereocenters. The number of carbonyl (C=O) groups excluding carboxylic acids is 3. The fourth-order valence-electron chi connectivity index (χ4n) is 1.86. The molecule has 2 aromatic rings. The molecule has 124 valence electrons. The molecule has 7 heteroatoms. The number of methoxy groups -OCH3 is 1. The lowest BCUT2D eigenvalue weighted by atomic mass is 10.1. The summed E-state index contributed by atoms with van der Waals surface area (Å²) in [5, 5.41) is 5.18. The standard InChI is InChI=1S/C17H15BrN2O4/c1-24-15(21)10-19-16(22)11-5-7-14(8-6-11)20-17(23)12-3-2-4-13(18)9-12/h2-9H,10H2,1H3,(H,19,22)(H,20,23). The Bertz CT molecular complexity index is 759. The van der Waals surface area contributed by atoms with Crippen molar-refractivity contribution in [2.24, 2.45) is 0 Å². The second kappa shape index (κ2) is 8.26. The lowest BCUT2D eigenvalue weighted by Gasteiger charge is -2.07. The number of benzene rings is 2. The van der Waals surface area contributed by atoms with E-state index in [4.69, 9.17) is 0 Å². The van der Waals surface area contributed by atoms with Crippen LogP contribution in [-0.4, -0.2) is 31.4 Å². The highest BCUT2D eigenvalue weighted by molar-refractivity contribution is 9.10. The fraction of sp³-hybridized carbons (Fsp3) is 0.118. The molecule has 2 amide bonds. The molecular weight excluding hydrogens is 376 g/mol. The lowest BCUT2D eigenvalue weighted by Crippen LogP contribution is -2.30. The summed E-state index contributed by atoms with van der Waals surface area (Å²) in [6.07, 6.45) is 0. The van der Waals surface area contributed by atoms with Crippen LogP contribution in [0.25, 0.3) is 0 Å². The molecule has 0 bridgehead atoms. The van der Waals surface area contributed by atoms with E-state index in [1.807, 2.05) is 6.07 Å². The van der Waals surface area contributed by atoms with Crippen LogP contribution in [0.2, 0.25) is 0 Å². The largest absolute Gasteiger partial charge is 0.468 e. The van der Waals surface area contributed by atoms with Crippen molar-refractivity contribution in [2.75, 3.05) is 19.0 Å². The first-order valence-corrected chi connectivity index (χ1v) is 7.81. The minimum atomic E-state index is -0.527. The van der Waals surface area contributed by atoms with Crippen molar-refractivity contribution in [3.63, 3.8) is 0 Å². The van der Waals surface area contributed by atoms with Gasteiger partial charge in [-0.1, -0.05) is 22.0 Å². The van der Waals surface area contributed by atoms with Crippen LogP contribution in [0.15, 0.2) is 53.0 Å². The van der Waals surface area contributed by atoms with Gasteiger partial charge in [-0.3, -0.25) is 14.4 Å². The highest BCUT2D eigenvalue weighted by Gasteiger charge is 2.09. The number of rotatable bonds is 5. The molecule has 0 spiro atoms. The number of anilines is 1. The highest BCUT2D eigenvalue weighted by atomic mass is 79.9. The Morgan fingerprint density at radius 3 is 2.33 bits per heavy atom. The Hall–Kier alpha value is -2.67. The first-order valence-electron chi connectivity index (χ1n) is 7.01. The van der Waals surface area contributed by atoms with Gasteiger partial charge in [-0.2, -0.15) is 0 Å². The summed E-state index contributed by atoms with van der Waals surface area (Å²) in [5.74, 6) is -1.18. The summed E-state index contributed by atoms with van der Waals surface area (Å²) in [4.78, 5) is 35.0. The number of halogens is 1. The van der Waals surface area contributed by atoms with Crippen LogP contribution in [0, 0.1) is 0 Å². The maximum absolute atomic E-state index is 12.1. The van der Waals surface area contributed by atoms with Crippen LogP contribution in [0.1, 0.15) is 20.7 Å². The van der Waals surface area contributed by atoms with Gasteiger partial charge in [-0.15, -0.1) is 0 Å². The SMILES string of the molecule is COC(=O)CNC(=O)c1ccc(NC(=O)c2cccc(Br)c2)cc1. The van der Waals surface area contributed by atoms with Gasteiger partial charge in [0.05, 0.1) is 7.11 Å². The number of ether oxygens (including phenoxy) is 1. The third-order valence-corrected chi connectivity index (χ3v) is 3.61. The summed E-state index contributed by atoms with van der Waals surface area (Å²) in [5.41, 5.74) is 1.45. The predicted molar refractivity (Wildman–Crippen MR) is 92.9 cm³/mol. The van der Waals surface area contributed by atoms with E-state index in [2.05, 4.69) is 31.3 Å². The van der Waals surface area contributed by atoms with E-state index >= 15 is 0 Å². The summed E-state index contributed by atoms with van der Waals surface area (Å²) in [6.45, 7) is -0.198. The molecule has 0 aliphatic heterocycles. The average Bonchev–Trinajstić information content (AvgIpc) is 2.60. The molecule has 24 heavy (non-hydrogen) atoms. The van der Waals surface area contributed by atoms with Gasteiger partial charge in [0.25, 0.3) is 11.8 Å². The number of nitrogens with one attached hydrogen (secondary N) is 2. The number of amides is 2. The Morgan fingerprint density at radius 1 is 1.00 bits per heavy atom. The topological polar surface area (TPSA) is 84.5 Å². The molecule has 2 aromatic carbocycles. The first kappa shape index (κ1) is 17.7. The van der Waals surface area contributed by atoms with Crippen LogP contribution in [0.5, 0.6) is 0 Å². The number of hydrogen-bond acceptors (Lipinski definition) is 4. The molecule has 0 saturated heterocycles. The molecular formula is C17H15BrN2O4. The zero-order valence-corrected chi connectivity index (χ0v) is 14.4. The van der Waals surface area contributed by atoms with E-state index < -0.39 is 11.9 Å². The van der Waals surface area contributed by atoms with Crippen molar-refractivity contribution in [3.8, 4) is 0 Å². The monoisotopic (exact) mass is 390 g/mol. The third-order valence-electron chi connectivity index (χ3n) is 3.11. The van der Waals surface area contributed by atoms with Gasteiger partial charge in [0.1, 0.15) is 6.54 Å². The maximum Gasteiger partial charge on any atom is 0.325 e. The molecule has 6 nitrogen and oxygen atoms in total. The van der Waals surface area contributed by atoms with Gasteiger partial charge in [0.15, 0.2) is 0 Å². The van der Waals surface area contributed by atoms with E-state index in [1.165, 1.54) is 7.11 Å². The van der Waals surface area contributed by atoms with E-state index in [-0.39, 0.29) is 12.5 Å². The van der Waals surface area contributed by atoms with Crippen molar-refractivity contribution in [3.05, 3.63) is 64.1 Å². The quantitative estimate of drug-likeness (QED) is 0.768. The van der Waals surface area contributed by atoms with Crippen LogP contribution < -0.4 is 10.6 Å². The second-order valence-electron chi connectivity index (χ2n) is 4.80. The van der Waals surface area contributed by atoms with Gasteiger partial charge < -0.3 is 15.4 Å². The highest BCUT2D eigenvalue weighted by Crippen LogP contribution is 2.15. The Morgan fingerprint density at radius 2 is 1.71 bits per heavy atom. The molecule has 0 fully saturated rings. The Labute approximate surface area is 147 Å². The lowest BCUT2D eigenvalue weighted by molar-refractivity contribution is -0.139. The molecule has 0 aliphatic rings. The predicted octanol–water partition coefficient (Wildman–Crippen LogP) is 2.60. The second-order valence-corrected chi connectivity index (χ2v) is 5.72. The fourth-order valence-corrected chi connectivity index (χ4v) is 2.26. The van der Waals surface area contributed by atoms with Gasteiger partial charge in [0, 0.05) is 21.3 Å². The van der Waals surface area contributed by atoms with Crippen molar-refractivity contribution < 1.29 is 19.1 Å².